The molecule has 0 fully saturated rings. The minimum atomic E-state index is -0.348. The number of aliphatic imine (C=N–C) groups is 1. The van der Waals surface area contributed by atoms with Crippen LogP contribution in [-0.4, -0.2) is 23.1 Å². The molecule has 0 saturated carbocycles. The highest BCUT2D eigenvalue weighted by Crippen LogP contribution is 2.23. The number of rotatable bonds is 6. The Morgan fingerprint density at radius 2 is 1.93 bits per heavy atom. The van der Waals surface area contributed by atoms with Gasteiger partial charge in [-0.1, -0.05) is 24.3 Å². The van der Waals surface area contributed by atoms with Gasteiger partial charge >= 0.3 is 0 Å². The fourth-order valence-electron chi connectivity index (χ4n) is 2.35. The monoisotopic (exact) mass is 367 g/mol. The molecule has 27 heavy (non-hydrogen) atoms. The zero-order chi connectivity index (χ0) is 19.1. The third kappa shape index (κ3) is 4.80. The van der Waals surface area contributed by atoms with Crippen LogP contribution in [0, 0.1) is 5.82 Å². The van der Waals surface area contributed by atoms with Gasteiger partial charge in [0.25, 0.3) is 0 Å². The lowest BCUT2D eigenvalue weighted by Gasteiger charge is -2.08. The van der Waals surface area contributed by atoms with E-state index in [4.69, 9.17) is 9.47 Å². The van der Waals surface area contributed by atoms with Gasteiger partial charge in [-0.25, -0.2) is 9.37 Å². The van der Waals surface area contributed by atoms with Gasteiger partial charge in [-0.05, 0) is 24.3 Å². The molecule has 2 N–H and O–H groups in total. The van der Waals surface area contributed by atoms with Crippen molar-refractivity contribution in [3.63, 3.8) is 0 Å². The van der Waals surface area contributed by atoms with Crippen LogP contribution in [0.2, 0.25) is 0 Å². The topological polar surface area (TPSA) is 76.0 Å². The number of pyridine rings is 1. The van der Waals surface area contributed by atoms with Crippen molar-refractivity contribution in [2.45, 2.75) is 6.54 Å². The van der Waals surface area contributed by atoms with Crippen LogP contribution < -0.4 is 15.0 Å². The fourth-order valence-corrected chi connectivity index (χ4v) is 2.35. The van der Waals surface area contributed by atoms with E-state index in [1.807, 2.05) is 17.6 Å². The van der Waals surface area contributed by atoms with Crippen molar-refractivity contribution in [1.29, 1.82) is 0 Å². The normalized spacial score (nSPS) is 11.1. The Labute approximate surface area is 155 Å². The van der Waals surface area contributed by atoms with Gasteiger partial charge in [0.05, 0.1) is 13.7 Å². The predicted molar refractivity (Wildman–Crippen MR) is 98.9 cm³/mol. The zero-order valence-corrected chi connectivity index (χ0v) is 14.6. The number of methoxy groups -OCH3 is 1. The fraction of sp³-hybridized carbons (Fsp3) is 0.100. The van der Waals surface area contributed by atoms with Crippen LogP contribution in [0.1, 0.15) is 11.1 Å². The number of aromatic nitrogens is 1. The first-order chi connectivity index (χ1) is 13.2. The largest absolute Gasteiger partial charge is 0.497 e. The maximum absolute atomic E-state index is 13.7. The van der Waals surface area contributed by atoms with Crippen molar-refractivity contribution < 1.29 is 19.1 Å². The molecular weight excluding hydrogens is 349 g/mol. The molecule has 1 heterocycles. The van der Waals surface area contributed by atoms with E-state index in [0.29, 0.717) is 28.5 Å². The van der Waals surface area contributed by atoms with Crippen LogP contribution in [-0.2, 0) is 6.54 Å². The molecule has 0 amide bonds. The number of hydroxylamine groups is 1. The number of hydrogen-bond donors (Lipinski definition) is 2. The second kappa shape index (κ2) is 8.77. The Kier molecular flexibility index (Phi) is 5.96. The van der Waals surface area contributed by atoms with Crippen molar-refractivity contribution in [3.05, 3.63) is 83.8 Å². The molecule has 0 saturated heterocycles. The van der Waals surface area contributed by atoms with Crippen LogP contribution in [0.15, 0.2) is 71.9 Å². The third-order valence-electron chi connectivity index (χ3n) is 3.74. The highest BCUT2D eigenvalue weighted by atomic mass is 19.1. The Morgan fingerprint density at radius 1 is 1.11 bits per heavy atom. The first kappa shape index (κ1) is 18.3. The van der Waals surface area contributed by atoms with Crippen molar-refractivity contribution in [1.82, 2.24) is 10.5 Å². The van der Waals surface area contributed by atoms with E-state index in [-0.39, 0.29) is 18.2 Å². The molecule has 6 nitrogen and oxygen atoms in total. The smallest absolute Gasteiger partial charge is 0.219 e. The highest BCUT2D eigenvalue weighted by molar-refractivity contribution is 5.97. The number of ether oxygens (including phenoxy) is 2. The molecule has 0 unspecified atom stereocenters. The molecule has 1 aromatic heterocycles. The lowest BCUT2D eigenvalue weighted by molar-refractivity contribution is 0.234. The van der Waals surface area contributed by atoms with Crippen LogP contribution in [0.4, 0.5) is 4.39 Å². The second-order valence-electron chi connectivity index (χ2n) is 5.53. The Hall–Kier alpha value is -3.45. The van der Waals surface area contributed by atoms with Crippen molar-refractivity contribution in [3.8, 4) is 17.4 Å². The van der Waals surface area contributed by atoms with Crippen LogP contribution in [0.25, 0.3) is 0 Å². The summed E-state index contributed by atoms with van der Waals surface area (Å²) in [5, 5.41) is 9.34. The molecule has 138 valence electrons. The van der Waals surface area contributed by atoms with Gasteiger partial charge in [0.1, 0.15) is 17.3 Å². The van der Waals surface area contributed by atoms with Crippen molar-refractivity contribution >= 4 is 5.84 Å². The SMILES string of the molecule is COc1cccc(Oc2ccc(C(=NCc3ccccc3F)NO)cn2)c1. The Bertz CT molecular complexity index is 930. The molecule has 0 aliphatic rings. The number of nitrogens with one attached hydrogen (secondary N) is 1. The van der Waals surface area contributed by atoms with E-state index < -0.39 is 0 Å². The minimum absolute atomic E-state index is 0.0810. The standard InChI is InChI=1S/C20H18FN3O3/c1-26-16-6-4-7-17(11-16)27-19-10-9-15(13-22-19)20(24-25)23-12-14-5-2-3-8-18(14)21/h2-11,13,25H,12H2,1H3,(H,23,24). The minimum Gasteiger partial charge on any atom is -0.497 e. The Balaban J connectivity index is 1.72. The number of hydrogen-bond acceptors (Lipinski definition) is 5. The van der Waals surface area contributed by atoms with Crippen molar-refractivity contribution in [2.24, 2.45) is 4.99 Å². The van der Waals surface area contributed by atoms with E-state index in [0.717, 1.165) is 0 Å². The molecule has 3 rings (SSSR count). The van der Waals surface area contributed by atoms with E-state index in [2.05, 4.69) is 9.98 Å². The summed E-state index contributed by atoms with van der Waals surface area (Å²) in [6.07, 6.45) is 1.50. The van der Waals surface area contributed by atoms with Gasteiger partial charge in [0, 0.05) is 29.5 Å². The summed E-state index contributed by atoms with van der Waals surface area (Å²) < 4.78 is 24.5. The summed E-state index contributed by atoms with van der Waals surface area (Å²) in [7, 11) is 1.58. The summed E-state index contributed by atoms with van der Waals surface area (Å²) >= 11 is 0. The van der Waals surface area contributed by atoms with Gasteiger partial charge < -0.3 is 9.47 Å². The van der Waals surface area contributed by atoms with Gasteiger partial charge in [-0.3, -0.25) is 15.7 Å². The molecule has 0 spiro atoms. The molecule has 2 aromatic carbocycles. The summed E-state index contributed by atoms with van der Waals surface area (Å²) in [4.78, 5) is 8.40. The molecule has 0 aliphatic heterocycles. The average molecular weight is 367 g/mol. The maximum Gasteiger partial charge on any atom is 0.219 e. The van der Waals surface area contributed by atoms with Gasteiger partial charge in [-0.15, -0.1) is 0 Å². The first-order valence-corrected chi connectivity index (χ1v) is 8.16. The van der Waals surface area contributed by atoms with E-state index >= 15 is 0 Å². The molecular formula is C20H18FN3O3. The van der Waals surface area contributed by atoms with Gasteiger partial charge in [0.2, 0.25) is 5.88 Å². The lowest BCUT2D eigenvalue weighted by atomic mass is 10.2. The summed E-state index contributed by atoms with van der Waals surface area (Å²) in [6.45, 7) is 0.0810. The van der Waals surface area contributed by atoms with Crippen molar-refractivity contribution in [2.75, 3.05) is 7.11 Å². The second-order valence-corrected chi connectivity index (χ2v) is 5.53. The molecule has 0 radical (unpaired) electrons. The van der Waals surface area contributed by atoms with E-state index in [1.54, 1.807) is 49.6 Å². The number of nitrogens with zero attached hydrogens (tertiary/aromatic N) is 2. The number of halogens is 1. The molecule has 7 heteroatoms. The van der Waals surface area contributed by atoms with Gasteiger partial charge in [-0.2, -0.15) is 0 Å². The molecule has 0 bridgehead atoms. The average Bonchev–Trinajstić information content (AvgIpc) is 2.71. The zero-order valence-electron chi connectivity index (χ0n) is 14.6. The first-order valence-electron chi connectivity index (χ1n) is 8.16. The van der Waals surface area contributed by atoms with Gasteiger partial charge in [0.15, 0.2) is 5.84 Å². The molecule has 0 aliphatic carbocycles. The van der Waals surface area contributed by atoms with Crippen LogP contribution >= 0.6 is 0 Å². The highest BCUT2D eigenvalue weighted by Gasteiger charge is 2.06. The third-order valence-corrected chi connectivity index (χ3v) is 3.74. The number of amidine groups is 1. The quantitative estimate of drug-likeness (QED) is 0.392. The van der Waals surface area contributed by atoms with Crippen LogP contribution in [0.5, 0.6) is 17.4 Å². The maximum atomic E-state index is 13.7. The summed E-state index contributed by atoms with van der Waals surface area (Å²) in [6, 6.07) is 16.8. The van der Waals surface area contributed by atoms with Crippen LogP contribution in [0.3, 0.4) is 0 Å². The van der Waals surface area contributed by atoms with E-state index in [1.165, 1.54) is 12.3 Å². The number of benzene rings is 2. The lowest BCUT2D eigenvalue weighted by Crippen LogP contribution is -2.20. The summed E-state index contributed by atoms with van der Waals surface area (Å²) in [5.74, 6) is 1.47. The molecule has 3 aromatic rings. The van der Waals surface area contributed by atoms with E-state index in [9.17, 15) is 9.60 Å². The molecule has 0 atom stereocenters. The predicted octanol–water partition coefficient (Wildman–Crippen LogP) is 3.95. The Morgan fingerprint density at radius 3 is 2.63 bits per heavy atom. The summed E-state index contributed by atoms with van der Waals surface area (Å²) in [5.41, 5.74) is 2.98.